The van der Waals surface area contributed by atoms with E-state index in [9.17, 15) is 39.6 Å². The van der Waals surface area contributed by atoms with E-state index in [2.05, 4.69) is 0 Å². The van der Waals surface area contributed by atoms with Gasteiger partial charge in [-0.3, -0.25) is 0 Å². The minimum absolute atomic E-state index is 0.328. The highest BCUT2D eigenvalue weighted by Gasteiger charge is 2.17. The van der Waals surface area contributed by atoms with Gasteiger partial charge >= 0.3 is 0 Å². The molecule has 2 aromatic carbocycles. The molecule has 0 amide bonds. The van der Waals surface area contributed by atoms with Gasteiger partial charge in [0, 0.05) is 22.3 Å². The van der Waals surface area contributed by atoms with E-state index in [0.29, 0.717) is 6.07 Å². The Balaban J connectivity index is 3.13. The van der Waals surface area contributed by atoms with Crippen LogP contribution in [0.2, 0.25) is 0 Å². The molecule has 8 nitrogen and oxygen atoms in total. The van der Waals surface area contributed by atoms with Crippen LogP contribution < -0.4 is 20.4 Å². The van der Waals surface area contributed by atoms with Crippen LogP contribution in [0.1, 0.15) is 41.4 Å². The van der Waals surface area contributed by atoms with Crippen molar-refractivity contribution in [3.8, 4) is 0 Å². The smallest absolute Gasteiger partial charge is 0.0728 e. The SMILES string of the molecule is O=C([O-])c1cc2c(C(=O)[O-])cccc2c(C(=O)[O-])c1C(=O)[O-]. The molecule has 0 aliphatic carbocycles. The lowest BCUT2D eigenvalue weighted by Crippen LogP contribution is -2.35. The molecule has 0 atom stereocenters. The molecule has 0 heterocycles. The van der Waals surface area contributed by atoms with E-state index in [1.807, 2.05) is 0 Å². The molecule has 0 saturated heterocycles. The highest BCUT2D eigenvalue weighted by atomic mass is 16.4. The van der Waals surface area contributed by atoms with Crippen LogP contribution in [0, 0.1) is 0 Å². The Hall–Kier alpha value is -3.42. The number of aromatic carboxylic acids is 4. The summed E-state index contributed by atoms with van der Waals surface area (Å²) in [5, 5.41) is 43.7. The van der Waals surface area contributed by atoms with Crippen molar-refractivity contribution in [2.45, 2.75) is 0 Å². The summed E-state index contributed by atoms with van der Waals surface area (Å²) in [7, 11) is 0. The van der Waals surface area contributed by atoms with Gasteiger partial charge in [0.1, 0.15) is 0 Å². The third-order valence-corrected chi connectivity index (χ3v) is 3.03. The fourth-order valence-corrected chi connectivity index (χ4v) is 2.19. The van der Waals surface area contributed by atoms with Gasteiger partial charge in [0.2, 0.25) is 0 Å². The Labute approximate surface area is 121 Å². The summed E-state index contributed by atoms with van der Waals surface area (Å²) in [4.78, 5) is 44.4. The Morgan fingerprint density at radius 2 is 1.18 bits per heavy atom. The third kappa shape index (κ3) is 2.22. The topological polar surface area (TPSA) is 161 Å². The summed E-state index contributed by atoms with van der Waals surface area (Å²) in [5.74, 6) is -7.76. The molecule has 2 rings (SSSR count). The fourth-order valence-electron chi connectivity index (χ4n) is 2.19. The average molecular weight is 300 g/mol. The molecule has 0 saturated carbocycles. The first-order chi connectivity index (χ1) is 10.3. The zero-order valence-electron chi connectivity index (χ0n) is 10.6. The zero-order chi connectivity index (χ0) is 16.6. The van der Waals surface area contributed by atoms with Crippen LogP contribution in [0.5, 0.6) is 0 Å². The first-order valence-corrected chi connectivity index (χ1v) is 5.70. The summed E-state index contributed by atoms with van der Waals surface area (Å²) in [5.41, 5.74) is -3.68. The molecule has 0 radical (unpaired) electrons. The second-order valence-corrected chi connectivity index (χ2v) is 4.22. The molecule has 0 aliphatic rings. The average Bonchev–Trinajstić information content (AvgIpc) is 2.43. The van der Waals surface area contributed by atoms with Crippen LogP contribution in [-0.4, -0.2) is 23.9 Å². The van der Waals surface area contributed by atoms with Gasteiger partial charge in [-0.15, -0.1) is 0 Å². The summed E-state index contributed by atoms with van der Waals surface area (Å²) >= 11 is 0. The van der Waals surface area contributed by atoms with Crippen LogP contribution in [0.3, 0.4) is 0 Å². The number of fused-ring (bicyclic) bond motifs is 1. The van der Waals surface area contributed by atoms with Gasteiger partial charge in [0.15, 0.2) is 0 Å². The number of rotatable bonds is 4. The normalized spacial score (nSPS) is 10.4. The van der Waals surface area contributed by atoms with Crippen LogP contribution in [-0.2, 0) is 0 Å². The predicted octanol–water partition coefficient (Wildman–Crippen LogP) is -3.71. The van der Waals surface area contributed by atoms with Gasteiger partial charge in [-0.25, -0.2) is 0 Å². The number of carboxylic acids is 4. The molecule has 22 heavy (non-hydrogen) atoms. The lowest BCUT2D eigenvalue weighted by atomic mass is 9.91. The number of carboxylic acid groups (broad SMARTS) is 4. The Morgan fingerprint density at radius 1 is 0.636 bits per heavy atom. The maximum Gasteiger partial charge on any atom is 0.0728 e. The first-order valence-electron chi connectivity index (χ1n) is 5.70. The zero-order valence-corrected chi connectivity index (χ0v) is 10.6. The molecular weight excluding hydrogens is 296 g/mol. The lowest BCUT2D eigenvalue weighted by Gasteiger charge is -2.21. The monoisotopic (exact) mass is 300 g/mol. The van der Waals surface area contributed by atoms with E-state index in [0.717, 1.165) is 18.2 Å². The maximum atomic E-state index is 11.2. The number of carbonyl (C=O) groups is 4. The Bertz CT molecular complexity index is 850. The number of hydrogen-bond donors (Lipinski definition) is 0. The van der Waals surface area contributed by atoms with Gasteiger partial charge in [-0.1, -0.05) is 18.2 Å². The van der Waals surface area contributed by atoms with Crippen molar-refractivity contribution in [1.82, 2.24) is 0 Å². The van der Waals surface area contributed by atoms with Gasteiger partial charge in [-0.05, 0) is 16.8 Å². The van der Waals surface area contributed by atoms with Gasteiger partial charge < -0.3 is 39.6 Å². The molecule has 112 valence electrons. The molecule has 0 bridgehead atoms. The Morgan fingerprint density at radius 3 is 1.64 bits per heavy atom. The van der Waals surface area contributed by atoms with Gasteiger partial charge in [0.25, 0.3) is 0 Å². The van der Waals surface area contributed by atoms with Crippen molar-refractivity contribution in [1.29, 1.82) is 0 Å². The van der Waals surface area contributed by atoms with Crippen LogP contribution in [0.15, 0.2) is 24.3 Å². The van der Waals surface area contributed by atoms with Crippen LogP contribution in [0.25, 0.3) is 10.8 Å². The largest absolute Gasteiger partial charge is 0.545 e. The van der Waals surface area contributed by atoms with E-state index in [-0.39, 0.29) is 10.8 Å². The second-order valence-electron chi connectivity index (χ2n) is 4.22. The van der Waals surface area contributed by atoms with Crippen molar-refractivity contribution in [3.05, 3.63) is 46.5 Å². The molecule has 0 unspecified atom stereocenters. The summed E-state index contributed by atoms with van der Waals surface area (Å²) < 4.78 is 0. The van der Waals surface area contributed by atoms with E-state index in [4.69, 9.17) is 0 Å². The highest BCUT2D eigenvalue weighted by molar-refractivity contribution is 6.18. The van der Waals surface area contributed by atoms with Crippen molar-refractivity contribution < 1.29 is 39.6 Å². The Kier molecular flexibility index (Phi) is 3.52. The summed E-state index contributed by atoms with van der Waals surface area (Å²) in [6, 6.07) is 4.00. The van der Waals surface area contributed by atoms with Gasteiger partial charge in [0.05, 0.1) is 23.9 Å². The molecule has 0 spiro atoms. The van der Waals surface area contributed by atoms with E-state index in [1.54, 1.807) is 0 Å². The molecule has 0 N–H and O–H groups in total. The number of hydrogen-bond acceptors (Lipinski definition) is 8. The summed E-state index contributed by atoms with van der Waals surface area (Å²) in [6.07, 6.45) is 0. The minimum Gasteiger partial charge on any atom is -0.545 e. The fraction of sp³-hybridized carbons (Fsp3) is 0. The van der Waals surface area contributed by atoms with E-state index < -0.39 is 46.1 Å². The molecule has 2 aromatic rings. The van der Waals surface area contributed by atoms with E-state index >= 15 is 0 Å². The van der Waals surface area contributed by atoms with Crippen molar-refractivity contribution in [2.75, 3.05) is 0 Å². The van der Waals surface area contributed by atoms with E-state index in [1.165, 1.54) is 0 Å². The minimum atomic E-state index is -2.07. The maximum absolute atomic E-state index is 11.2. The second kappa shape index (κ2) is 5.17. The number of carbonyl (C=O) groups excluding carboxylic acids is 4. The molecule has 0 aromatic heterocycles. The van der Waals surface area contributed by atoms with Crippen LogP contribution in [0.4, 0.5) is 0 Å². The quantitative estimate of drug-likeness (QED) is 0.557. The molecule has 0 fully saturated rings. The number of benzene rings is 2. The van der Waals surface area contributed by atoms with Crippen molar-refractivity contribution in [3.63, 3.8) is 0 Å². The molecule has 8 heteroatoms. The summed E-state index contributed by atoms with van der Waals surface area (Å²) in [6.45, 7) is 0. The lowest BCUT2D eigenvalue weighted by molar-refractivity contribution is -0.261. The first kappa shape index (κ1) is 15.0. The predicted molar refractivity (Wildman–Crippen MR) is 61.3 cm³/mol. The third-order valence-electron chi connectivity index (χ3n) is 3.03. The highest BCUT2D eigenvalue weighted by Crippen LogP contribution is 2.28. The van der Waals surface area contributed by atoms with Crippen molar-refractivity contribution in [2.24, 2.45) is 0 Å². The van der Waals surface area contributed by atoms with Gasteiger partial charge in [-0.2, -0.15) is 0 Å². The molecular formula is C14H4O8-4. The molecule has 0 aliphatic heterocycles. The standard InChI is InChI=1S/C14H8O8/c15-11(16)6-3-1-2-5-7(6)4-8(12(17)18)10(14(21)22)9(5)13(19)20/h1-4H,(H,15,16)(H,17,18)(H,19,20)(H,21,22)/p-4. The van der Waals surface area contributed by atoms with Crippen molar-refractivity contribution >= 4 is 34.6 Å². The van der Waals surface area contributed by atoms with Crippen LogP contribution >= 0.6 is 0 Å².